The summed E-state index contributed by atoms with van der Waals surface area (Å²) in [4.78, 5) is 13.5. The van der Waals surface area contributed by atoms with Crippen LogP contribution in [0.1, 0.15) is 5.56 Å². The summed E-state index contributed by atoms with van der Waals surface area (Å²) in [5, 5.41) is 3.13. The standard InChI is InChI=1S/C13H17N5S/c14-10-11-2-1-3-15-12(11)17-5-7-18(8-6-17)13-16-4-9-19-13/h1-4,9H,5-8,10,14H2. The van der Waals surface area contributed by atoms with E-state index >= 15 is 0 Å². The molecule has 1 aliphatic heterocycles. The van der Waals surface area contributed by atoms with E-state index in [0.29, 0.717) is 6.54 Å². The molecule has 0 atom stereocenters. The Kier molecular flexibility index (Phi) is 3.61. The van der Waals surface area contributed by atoms with Gasteiger partial charge in [-0.2, -0.15) is 0 Å². The Labute approximate surface area is 116 Å². The van der Waals surface area contributed by atoms with Crippen molar-refractivity contribution < 1.29 is 0 Å². The monoisotopic (exact) mass is 275 g/mol. The van der Waals surface area contributed by atoms with Crippen LogP contribution in [0, 0.1) is 0 Å². The lowest BCUT2D eigenvalue weighted by atomic mass is 10.2. The molecule has 5 nitrogen and oxygen atoms in total. The van der Waals surface area contributed by atoms with E-state index in [1.165, 1.54) is 0 Å². The van der Waals surface area contributed by atoms with Gasteiger partial charge in [-0.15, -0.1) is 11.3 Å². The van der Waals surface area contributed by atoms with E-state index in [2.05, 4.69) is 25.8 Å². The van der Waals surface area contributed by atoms with Gasteiger partial charge >= 0.3 is 0 Å². The van der Waals surface area contributed by atoms with Crippen molar-refractivity contribution in [3.8, 4) is 0 Å². The zero-order valence-electron chi connectivity index (χ0n) is 10.7. The summed E-state index contributed by atoms with van der Waals surface area (Å²) < 4.78 is 0. The molecule has 1 fully saturated rings. The van der Waals surface area contributed by atoms with Crippen LogP contribution in [0.3, 0.4) is 0 Å². The van der Waals surface area contributed by atoms with Crippen LogP contribution in [0.2, 0.25) is 0 Å². The molecule has 2 aromatic heterocycles. The molecule has 0 bridgehead atoms. The second-order valence-corrected chi connectivity index (χ2v) is 5.35. The molecule has 0 saturated carbocycles. The molecule has 0 aliphatic carbocycles. The Hall–Kier alpha value is -1.66. The van der Waals surface area contributed by atoms with Crippen molar-refractivity contribution in [1.82, 2.24) is 9.97 Å². The fourth-order valence-electron chi connectivity index (χ4n) is 2.36. The van der Waals surface area contributed by atoms with Crippen LogP contribution in [-0.4, -0.2) is 36.1 Å². The fourth-order valence-corrected chi connectivity index (χ4v) is 3.05. The average Bonchev–Trinajstić information content (AvgIpc) is 3.02. The lowest BCUT2D eigenvalue weighted by Gasteiger charge is -2.36. The number of anilines is 2. The Bertz CT molecular complexity index is 520. The number of thiazole rings is 1. The second kappa shape index (κ2) is 5.54. The molecule has 100 valence electrons. The number of piperazine rings is 1. The number of pyridine rings is 1. The maximum Gasteiger partial charge on any atom is 0.185 e. The SMILES string of the molecule is NCc1cccnc1N1CCN(c2nccs2)CC1. The van der Waals surface area contributed by atoms with Gasteiger partial charge in [0.2, 0.25) is 0 Å². The fraction of sp³-hybridized carbons (Fsp3) is 0.385. The van der Waals surface area contributed by atoms with Gasteiger partial charge in [0, 0.05) is 56.1 Å². The van der Waals surface area contributed by atoms with Crippen molar-refractivity contribution in [1.29, 1.82) is 0 Å². The zero-order chi connectivity index (χ0) is 13.1. The maximum absolute atomic E-state index is 5.78. The highest BCUT2D eigenvalue weighted by atomic mass is 32.1. The van der Waals surface area contributed by atoms with Gasteiger partial charge in [-0.05, 0) is 6.07 Å². The largest absolute Gasteiger partial charge is 0.353 e. The van der Waals surface area contributed by atoms with Gasteiger partial charge in [0.15, 0.2) is 5.13 Å². The van der Waals surface area contributed by atoms with Crippen LogP contribution >= 0.6 is 11.3 Å². The third-order valence-electron chi connectivity index (χ3n) is 3.36. The van der Waals surface area contributed by atoms with Gasteiger partial charge < -0.3 is 15.5 Å². The van der Waals surface area contributed by atoms with E-state index in [4.69, 9.17) is 5.73 Å². The van der Waals surface area contributed by atoms with Crippen molar-refractivity contribution in [2.24, 2.45) is 5.73 Å². The molecule has 1 saturated heterocycles. The van der Waals surface area contributed by atoms with Gasteiger partial charge in [-0.3, -0.25) is 0 Å². The Balaban J connectivity index is 1.70. The van der Waals surface area contributed by atoms with Crippen LogP contribution in [-0.2, 0) is 6.54 Å². The molecular formula is C13H17N5S. The van der Waals surface area contributed by atoms with Crippen LogP contribution in [0.25, 0.3) is 0 Å². The van der Waals surface area contributed by atoms with Crippen LogP contribution < -0.4 is 15.5 Å². The predicted molar refractivity (Wildman–Crippen MR) is 78.7 cm³/mol. The van der Waals surface area contributed by atoms with Crippen molar-refractivity contribution >= 4 is 22.3 Å². The number of rotatable bonds is 3. The van der Waals surface area contributed by atoms with Crippen molar-refractivity contribution in [3.05, 3.63) is 35.5 Å². The topological polar surface area (TPSA) is 58.3 Å². The Morgan fingerprint density at radius 2 is 1.89 bits per heavy atom. The Morgan fingerprint density at radius 1 is 1.11 bits per heavy atom. The molecule has 19 heavy (non-hydrogen) atoms. The minimum atomic E-state index is 0.538. The van der Waals surface area contributed by atoms with E-state index in [-0.39, 0.29) is 0 Å². The molecule has 0 radical (unpaired) electrons. The van der Waals surface area contributed by atoms with Crippen molar-refractivity contribution in [2.75, 3.05) is 36.0 Å². The number of aromatic nitrogens is 2. The molecular weight excluding hydrogens is 258 g/mol. The van der Waals surface area contributed by atoms with Crippen LogP contribution in [0.5, 0.6) is 0 Å². The Morgan fingerprint density at radius 3 is 2.58 bits per heavy atom. The summed E-state index contributed by atoms with van der Waals surface area (Å²) in [6.45, 7) is 4.42. The van der Waals surface area contributed by atoms with Gasteiger partial charge in [-0.1, -0.05) is 6.07 Å². The number of nitrogens with zero attached hydrogens (tertiary/aromatic N) is 4. The maximum atomic E-state index is 5.78. The molecule has 2 aromatic rings. The first-order chi connectivity index (χ1) is 9.38. The van der Waals surface area contributed by atoms with Crippen LogP contribution in [0.4, 0.5) is 10.9 Å². The molecule has 0 unspecified atom stereocenters. The smallest absolute Gasteiger partial charge is 0.185 e. The molecule has 2 N–H and O–H groups in total. The van der Waals surface area contributed by atoms with Gasteiger partial charge in [0.05, 0.1) is 0 Å². The van der Waals surface area contributed by atoms with E-state index in [0.717, 1.165) is 42.7 Å². The summed E-state index contributed by atoms with van der Waals surface area (Å²) in [7, 11) is 0. The highest BCUT2D eigenvalue weighted by molar-refractivity contribution is 7.13. The lowest BCUT2D eigenvalue weighted by molar-refractivity contribution is 0.643. The predicted octanol–water partition coefficient (Wildman–Crippen LogP) is 1.32. The first-order valence-electron chi connectivity index (χ1n) is 6.42. The normalized spacial score (nSPS) is 15.8. The van der Waals surface area contributed by atoms with E-state index in [9.17, 15) is 0 Å². The minimum Gasteiger partial charge on any atom is -0.353 e. The molecule has 3 rings (SSSR count). The molecule has 0 aromatic carbocycles. The number of nitrogens with two attached hydrogens (primary N) is 1. The summed E-state index contributed by atoms with van der Waals surface area (Å²) >= 11 is 1.69. The first kappa shape index (κ1) is 12.4. The molecule has 0 spiro atoms. The zero-order valence-corrected chi connectivity index (χ0v) is 11.5. The second-order valence-electron chi connectivity index (χ2n) is 4.48. The molecule has 6 heteroatoms. The summed E-state index contributed by atoms with van der Waals surface area (Å²) in [6, 6.07) is 3.99. The molecule has 0 amide bonds. The average molecular weight is 275 g/mol. The first-order valence-corrected chi connectivity index (χ1v) is 7.30. The van der Waals surface area contributed by atoms with Crippen molar-refractivity contribution in [3.63, 3.8) is 0 Å². The van der Waals surface area contributed by atoms with Gasteiger partial charge in [0.1, 0.15) is 5.82 Å². The third-order valence-corrected chi connectivity index (χ3v) is 4.19. The quantitative estimate of drug-likeness (QED) is 0.915. The van der Waals surface area contributed by atoms with Crippen LogP contribution in [0.15, 0.2) is 29.9 Å². The van der Waals surface area contributed by atoms with Crippen molar-refractivity contribution in [2.45, 2.75) is 6.54 Å². The van der Waals surface area contributed by atoms with E-state index in [1.807, 2.05) is 23.8 Å². The molecule has 1 aliphatic rings. The summed E-state index contributed by atoms with van der Waals surface area (Å²) in [6.07, 6.45) is 3.69. The summed E-state index contributed by atoms with van der Waals surface area (Å²) in [5.41, 5.74) is 6.89. The number of hydrogen-bond donors (Lipinski definition) is 1. The number of hydrogen-bond acceptors (Lipinski definition) is 6. The highest BCUT2D eigenvalue weighted by Crippen LogP contribution is 2.22. The lowest BCUT2D eigenvalue weighted by Crippen LogP contribution is -2.47. The van der Waals surface area contributed by atoms with Gasteiger partial charge in [-0.25, -0.2) is 9.97 Å². The van der Waals surface area contributed by atoms with E-state index in [1.54, 1.807) is 11.3 Å². The van der Waals surface area contributed by atoms with E-state index < -0.39 is 0 Å². The third kappa shape index (κ3) is 2.54. The minimum absolute atomic E-state index is 0.538. The highest BCUT2D eigenvalue weighted by Gasteiger charge is 2.20. The van der Waals surface area contributed by atoms with Gasteiger partial charge in [0.25, 0.3) is 0 Å². The summed E-state index contributed by atoms with van der Waals surface area (Å²) in [5.74, 6) is 1.03. The molecule has 3 heterocycles.